The van der Waals surface area contributed by atoms with Gasteiger partial charge in [-0.25, -0.2) is 0 Å². The van der Waals surface area contributed by atoms with Crippen LogP contribution in [0.25, 0.3) is 0 Å². The molecule has 0 saturated carbocycles. The molecule has 0 aliphatic rings. The van der Waals surface area contributed by atoms with Crippen LogP contribution >= 0.6 is 0 Å². The molecular formula is C8H17NO2Si. The first kappa shape index (κ1) is 11.5. The Balaban J connectivity index is 3.91. The van der Waals surface area contributed by atoms with Crippen molar-refractivity contribution in [2.45, 2.75) is 25.9 Å². The zero-order chi connectivity index (χ0) is 9.45. The van der Waals surface area contributed by atoms with Crippen molar-refractivity contribution in [1.82, 2.24) is 0 Å². The maximum atomic E-state index is 5.49. The molecule has 0 rings (SSSR count). The summed E-state index contributed by atoms with van der Waals surface area (Å²) in [6.45, 7) is 5.21. The van der Waals surface area contributed by atoms with Crippen molar-refractivity contribution in [2.75, 3.05) is 13.2 Å². The molecule has 1 atom stereocenters. The molecule has 0 aliphatic heterocycles. The molecule has 1 unspecified atom stereocenters. The molecule has 0 spiro atoms. The molecule has 0 fully saturated rings. The third-order valence-corrected chi connectivity index (χ3v) is 4.27. The van der Waals surface area contributed by atoms with Gasteiger partial charge in [-0.3, -0.25) is 0 Å². The first-order valence-electron chi connectivity index (χ1n) is 4.16. The molecule has 0 aromatic heterocycles. The van der Waals surface area contributed by atoms with E-state index in [9.17, 15) is 0 Å². The van der Waals surface area contributed by atoms with Crippen LogP contribution in [0.1, 0.15) is 13.3 Å². The Morgan fingerprint density at radius 1 is 1.58 bits per heavy atom. The number of rotatable bonds is 6. The highest BCUT2D eigenvalue weighted by Crippen LogP contribution is 2.14. The van der Waals surface area contributed by atoms with E-state index in [2.05, 4.69) is 6.11 Å². The van der Waals surface area contributed by atoms with Crippen LogP contribution in [0.2, 0.25) is 12.6 Å². The topological polar surface area (TPSA) is 44.5 Å². The molecule has 0 heterocycles. The maximum absolute atomic E-state index is 5.49. The summed E-state index contributed by atoms with van der Waals surface area (Å²) in [5.74, 6) is 0. The predicted molar refractivity (Wildman–Crippen MR) is 51.6 cm³/mol. The summed E-state index contributed by atoms with van der Waals surface area (Å²) in [5, 5.41) is 0. The van der Waals surface area contributed by atoms with E-state index in [0.29, 0.717) is 13.2 Å². The zero-order valence-corrected chi connectivity index (χ0v) is 8.80. The summed E-state index contributed by atoms with van der Waals surface area (Å²) < 4.78 is 10.7. The van der Waals surface area contributed by atoms with Gasteiger partial charge in [0, 0.05) is 12.7 Å². The first-order chi connectivity index (χ1) is 5.68. The Morgan fingerprint density at radius 3 is 2.67 bits per heavy atom. The molecule has 0 aromatic carbocycles. The molecule has 3 nitrogen and oxygen atoms in total. The van der Waals surface area contributed by atoms with Gasteiger partial charge >= 0.3 is 8.56 Å². The molecule has 0 aromatic rings. The Bertz CT molecular complexity index is 158. The fraction of sp³-hybridized carbons (Fsp3) is 0.750. The minimum Gasteiger partial charge on any atom is -0.473 e. The van der Waals surface area contributed by atoms with E-state index in [1.54, 1.807) is 0 Å². The highest BCUT2D eigenvalue weighted by atomic mass is 28.4. The average Bonchev–Trinajstić information content (AvgIpc) is 2.02. The molecule has 4 heteroatoms. The molecular weight excluding hydrogens is 170 g/mol. The lowest BCUT2D eigenvalue weighted by molar-refractivity contribution is 0.244. The van der Waals surface area contributed by atoms with Crippen LogP contribution in [-0.2, 0) is 8.85 Å². The Hall–Kier alpha value is -0.503. The van der Waals surface area contributed by atoms with Gasteiger partial charge in [0.1, 0.15) is 0 Å². The number of terminal acetylenes is 1. The van der Waals surface area contributed by atoms with Crippen molar-refractivity contribution in [1.29, 1.82) is 0 Å². The fourth-order valence-corrected chi connectivity index (χ4v) is 3.02. The second-order valence-corrected chi connectivity index (χ2v) is 5.94. The molecule has 0 bridgehead atoms. The second kappa shape index (κ2) is 6.06. The van der Waals surface area contributed by atoms with Gasteiger partial charge in [0.05, 0.1) is 6.11 Å². The van der Waals surface area contributed by atoms with Gasteiger partial charge in [-0.1, -0.05) is 6.42 Å². The van der Waals surface area contributed by atoms with E-state index in [4.69, 9.17) is 21.0 Å². The lowest BCUT2D eigenvalue weighted by atomic mass is 10.5. The maximum Gasteiger partial charge on any atom is 0.406 e. The number of hydrogen-bond donors (Lipinski definition) is 1. The van der Waals surface area contributed by atoms with Gasteiger partial charge in [0.15, 0.2) is 0 Å². The number of hydrogen-bond acceptors (Lipinski definition) is 3. The summed E-state index contributed by atoms with van der Waals surface area (Å²) in [6, 6.07) is 0.863. The Kier molecular flexibility index (Phi) is 5.81. The van der Waals surface area contributed by atoms with Gasteiger partial charge in [-0.05, 0) is 26.4 Å². The van der Waals surface area contributed by atoms with Crippen molar-refractivity contribution < 1.29 is 8.85 Å². The summed E-state index contributed by atoms with van der Waals surface area (Å²) in [7, 11) is -2.09. The average molecular weight is 187 g/mol. The molecule has 0 amide bonds. The smallest absolute Gasteiger partial charge is 0.406 e. The fourth-order valence-electron chi connectivity index (χ4n) is 1.01. The quantitative estimate of drug-likeness (QED) is 0.499. The first-order valence-corrected chi connectivity index (χ1v) is 6.68. The zero-order valence-electron chi connectivity index (χ0n) is 7.80. The van der Waals surface area contributed by atoms with Crippen molar-refractivity contribution in [3.05, 3.63) is 0 Å². The summed E-state index contributed by atoms with van der Waals surface area (Å²) in [4.78, 5) is 0. The van der Waals surface area contributed by atoms with E-state index < -0.39 is 8.56 Å². The third-order valence-electron chi connectivity index (χ3n) is 1.56. The summed E-state index contributed by atoms with van der Waals surface area (Å²) in [6.07, 6.45) is 8.17. The van der Waals surface area contributed by atoms with Crippen molar-refractivity contribution in [3.63, 3.8) is 0 Å². The molecule has 70 valence electrons. The minimum absolute atomic E-state index is 0.648. The van der Waals surface area contributed by atoms with Gasteiger partial charge < -0.3 is 14.6 Å². The van der Waals surface area contributed by atoms with Crippen LogP contribution in [0.3, 0.4) is 0 Å². The third kappa shape index (κ3) is 4.39. The van der Waals surface area contributed by atoms with Crippen LogP contribution in [0.15, 0.2) is 0 Å². The van der Waals surface area contributed by atoms with E-state index in [-0.39, 0.29) is 0 Å². The predicted octanol–water partition coefficient (Wildman–Crippen LogP) is 1.05. The second-order valence-electron chi connectivity index (χ2n) is 2.68. The van der Waals surface area contributed by atoms with Crippen LogP contribution in [-0.4, -0.2) is 21.7 Å². The number of nitrogens with two attached hydrogens (primary N) is 1. The van der Waals surface area contributed by atoms with E-state index in [1.165, 1.54) is 0 Å². The van der Waals surface area contributed by atoms with Gasteiger partial charge in [0.2, 0.25) is 0 Å². The Labute approximate surface area is 75.5 Å². The van der Waals surface area contributed by atoms with Crippen molar-refractivity contribution >= 4 is 8.56 Å². The SMILES string of the molecule is C#CO[Si](C)(CCCN)OCC. The largest absolute Gasteiger partial charge is 0.473 e. The van der Waals surface area contributed by atoms with Gasteiger partial charge in [-0.2, -0.15) is 0 Å². The molecule has 12 heavy (non-hydrogen) atoms. The van der Waals surface area contributed by atoms with E-state index in [1.807, 2.05) is 13.5 Å². The highest BCUT2D eigenvalue weighted by Gasteiger charge is 2.31. The van der Waals surface area contributed by atoms with Gasteiger partial charge in [0.25, 0.3) is 0 Å². The Morgan fingerprint density at radius 2 is 2.25 bits per heavy atom. The van der Waals surface area contributed by atoms with Gasteiger partial charge in [-0.15, -0.1) is 0 Å². The molecule has 0 saturated heterocycles. The minimum atomic E-state index is -2.09. The van der Waals surface area contributed by atoms with Crippen molar-refractivity contribution in [2.24, 2.45) is 5.73 Å². The lowest BCUT2D eigenvalue weighted by Gasteiger charge is -2.22. The molecule has 0 aliphatic carbocycles. The summed E-state index contributed by atoms with van der Waals surface area (Å²) in [5.41, 5.74) is 5.39. The summed E-state index contributed by atoms with van der Waals surface area (Å²) >= 11 is 0. The molecule has 0 radical (unpaired) electrons. The van der Waals surface area contributed by atoms with Crippen LogP contribution in [0.5, 0.6) is 0 Å². The van der Waals surface area contributed by atoms with Crippen LogP contribution in [0, 0.1) is 12.5 Å². The normalized spacial score (nSPS) is 14.8. The highest BCUT2D eigenvalue weighted by molar-refractivity contribution is 6.66. The van der Waals surface area contributed by atoms with Crippen molar-refractivity contribution in [3.8, 4) is 12.5 Å². The molecule has 2 N–H and O–H groups in total. The lowest BCUT2D eigenvalue weighted by Crippen LogP contribution is -2.37. The van der Waals surface area contributed by atoms with Crippen LogP contribution in [0.4, 0.5) is 0 Å². The van der Waals surface area contributed by atoms with Crippen LogP contribution < -0.4 is 5.73 Å². The monoisotopic (exact) mass is 187 g/mol. The van der Waals surface area contributed by atoms with E-state index in [0.717, 1.165) is 12.5 Å². The standard InChI is InChI=1S/C8H17NO2Si/c1-4-10-12(3,11-5-2)8-6-7-9/h1H,5-9H2,2-3H3. The van der Waals surface area contributed by atoms with E-state index >= 15 is 0 Å².